The molecule has 0 aromatic carbocycles. The molecule has 0 radical (unpaired) electrons. The summed E-state index contributed by atoms with van der Waals surface area (Å²) in [6.45, 7) is 4.52. The normalized spacial score (nSPS) is 11.5. The molecule has 0 unspecified atom stereocenters. The second-order valence-electron chi connectivity index (χ2n) is 3.96. The zero-order valence-corrected chi connectivity index (χ0v) is 11.1. The van der Waals surface area contributed by atoms with Crippen LogP contribution in [0.5, 0.6) is 0 Å². The van der Waals surface area contributed by atoms with Gasteiger partial charge < -0.3 is 5.11 Å². The molecule has 7 heteroatoms. The third-order valence-corrected chi connectivity index (χ3v) is 3.38. The van der Waals surface area contributed by atoms with Crippen LogP contribution >= 0.6 is 11.3 Å². The summed E-state index contributed by atoms with van der Waals surface area (Å²) in [6, 6.07) is 1.52. The van der Waals surface area contributed by atoms with E-state index in [4.69, 9.17) is 5.11 Å². The molecule has 2 heterocycles. The van der Waals surface area contributed by atoms with Gasteiger partial charge in [-0.05, 0) is 13.0 Å². The van der Waals surface area contributed by atoms with E-state index in [0.717, 1.165) is 25.2 Å². The van der Waals surface area contributed by atoms with Gasteiger partial charge in [0.05, 0.1) is 5.69 Å². The summed E-state index contributed by atoms with van der Waals surface area (Å²) in [5.41, 5.74) is 2.22. The summed E-state index contributed by atoms with van der Waals surface area (Å²) in [6.07, 6.45) is 0.732. The zero-order valence-electron chi connectivity index (χ0n) is 10.2. The van der Waals surface area contributed by atoms with E-state index in [2.05, 4.69) is 21.9 Å². The number of hydrogen-bond acceptors (Lipinski definition) is 6. The van der Waals surface area contributed by atoms with E-state index in [1.54, 1.807) is 5.51 Å². The first-order chi connectivity index (χ1) is 8.74. The van der Waals surface area contributed by atoms with Crippen LogP contribution in [0.15, 0.2) is 16.4 Å². The summed E-state index contributed by atoms with van der Waals surface area (Å²) < 4.78 is 1.30. The smallest absolute Gasteiger partial charge is 0.275 e. The molecule has 0 aliphatic rings. The highest BCUT2D eigenvalue weighted by Crippen LogP contribution is 2.06. The molecule has 0 atom stereocenters. The van der Waals surface area contributed by atoms with Gasteiger partial charge in [-0.2, -0.15) is 9.61 Å². The van der Waals surface area contributed by atoms with Gasteiger partial charge in [-0.3, -0.25) is 9.69 Å². The molecule has 2 rings (SSSR count). The average Bonchev–Trinajstić information content (AvgIpc) is 2.83. The van der Waals surface area contributed by atoms with E-state index in [0.29, 0.717) is 11.5 Å². The predicted octanol–water partition coefficient (Wildman–Crippen LogP) is 0.355. The van der Waals surface area contributed by atoms with Crippen molar-refractivity contribution >= 4 is 16.3 Å². The fourth-order valence-corrected chi connectivity index (χ4v) is 2.40. The molecule has 0 aliphatic carbocycles. The van der Waals surface area contributed by atoms with E-state index in [9.17, 15) is 4.79 Å². The number of hydrogen-bond donors (Lipinski definition) is 1. The molecule has 0 spiro atoms. The number of aromatic nitrogens is 3. The molecule has 0 saturated heterocycles. The monoisotopic (exact) mass is 268 g/mol. The quantitative estimate of drug-likeness (QED) is 0.819. The SMILES string of the molecule is CCN(CCCO)Cc1cc(=O)n2ncsc2n1. The van der Waals surface area contributed by atoms with Crippen LogP contribution in [-0.4, -0.2) is 44.3 Å². The van der Waals surface area contributed by atoms with E-state index >= 15 is 0 Å². The topological polar surface area (TPSA) is 70.7 Å². The largest absolute Gasteiger partial charge is 0.396 e. The van der Waals surface area contributed by atoms with Crippen LogP contribution in [0.3, 0.4) is 0 Å². The third-order valence-electron chi connectivity index (χ3n) is 2.71. The minimum atomic E-state index is -0.144. The van der Waals surface area contributed by atoms with Gasteiger partial charge >= 0.3 is 0 Å². The number of fused-ring (bicyclic) bond motifs is 1. The van der Waals surface area contributed by atoms with Crippen molar-refractivity contribution in [1.29, 1.82) is 0 Å². The van der Waals surface area contributed by atoms with Gasteiger partial charge in [0.1, 0.15) is 5.51 Å². The lowest BCUT2D eigenvalue weighted by Gasteiger charge is -2.18. The Labute approximate surface area is 109 Å². The van der Waals surface area contributed by atoms with Crippen molar-refractivity contribution in [3.63, 3.8) is 0 Å². The van der Waals surface area contributed by atoms with Crippen LogP contribution in [0.4, 0.5) is 0 Å². The summed E-state index contributed by atoms with van der Waals surface area (Å²) in [5, 5.41) is 12.8. The highest BCUT2D eigenvalue weighted by molar-refractivity contribution is 7.14. The number of aliphatic hydroxyl groups is 1. The molecule has 0 amide bonds. The summed E-state index contributed by atoms with van der Waals surface area (Å²) in [4.78, 5) is 18.9. The molecule has 0 bridgehead atoms. The van der Waals surface area contributed by atoms with E-state index in [1.165, 1.54) is 21.9 Å². The Morgan fingerprint density at radius 2 is 2.39 bits per heavy atom. The van der Waals surface area contributed by atoms with Crippen LogP contribution in [-0.2, 0) is 6.54 Å². The van der Waals surface area contributed by atoms with Crippen molar-refractivity contribution in [2.75, 3.05) is 19.7 Å². The fourth-order valence-electron chi connectivity index (χ4n) is 1.75. The van der Waals surface area contributed by atoms with Gasteiger partial charge in [-0.25, -0.2) is 4.98 Å². The van der Waals surface area contributed by atoms with Crippen LogP contribution in [0.1, 0.15) is 19.0 Å². The zero-order chi connectivity index (χ0) is 13.0. The van der Waals surface area contributed by atoms with Gasteiger partial charge in [-0.1, -0.05) is 18.3 Å². The average molecular weight is 268 g/mol. The van der Waals surface area contributed by atoms with Crippen LogP contribution in [0.25, 0.3) is 4.96 Å². The lowest BCUT2D eigenvalue weighted by Crippen LogP contribution is -2.26. The Bertz CT molecular complexity index is 565. The van der Waals surface area contributed by atoms with Crippen molar-refractivity contribution in [3.8, 4) is 0 Å². The Hall–Kier alpha value is -1.31. The second kappa shape index (κ2) is 6.03. The predicted molar refractivity (Wildman–Crippen MR) is 69.8 cm³/mol. The molecular weight excluding hydrogens is 252 g/mol. The first-order valence-electron chi connectivity index (χ1n) is 5.90. The van der Waals surface area contributed by atoms with E-state index < -0.39 is 0 Å². The number of nitrogens with zero attached hydrogens (tertiary/aromatic N) is 4. The van der Waals surface area contributed by atoms with Crippen molar-refractivity contribution in [3.05, 3.63) is 27.6 Å². The molecule has 2 aromatic heterocycles. The Balaban J connectivity index is 2.17. The first-order valence-corrected chi connectivity index (χ1v) is 6.78. The van der Waals surface area contributed by atoms with E-state index in [-0.39, 0.29) is 12.2 Å². The lowest BCUT2D eigenvalue weighted by atomic mass is 10.3. The van der Waals surface area contributed by atoms with Gasteiger partial charge in [0.25, 0.3) is 5.56 Å². The fraction of sp³-hybridized carbons (Fsp3) is 0.545. The van der Waals surface area contributed by atoms with Gasteiger partial charge in [0.2, 0.25) is 4.96 Å². The highest BCUT2D eigenvalue weighted by atomic mass is 32.1. The van der Waals surface area contributed by atoms with Crippen LogP contribution in [0, 0.1) is 0 Å². The maximum atomic E-state index is 11.8. The Morgan fingerprint density at radius 1 is 1.56 bits per heavy atom. The highest BCUT2D eigenvalue weighted by Gasteiger charge is 2.08. The number of aliphatic hydroxyl groups excluding tert-OH is 1. The third kappa shape index (κ3) is 2.92. The standard InChI is InChI=1S/C11H16N4O2S/c1-2-14(4-3-5-16)7-9-6-10(17)15-11(13-9)18-8-12-15/h6,8,16H,2-5,7H2,1H3. The molecule has 0 aliphatic heterocycles. The molecule has 0 fully saturated rings. The minimum Gasteiger partial charge on any atom is -0.396 e. The van der Waals surface area contributed by atoms with Crippen molar-refractivity contribution in [1.82, 2.24) is 19.5 Å². The van der Waals surface area contributed by atoms with Crippen molar-refractivity contribution < 1.29 is 5.11 Å². The first kappa shape index (κ1) is 13.1. The molecule has 6 nitrogen and oxygen atoms in total. The van der Waals surface area contributed by atoms with Gasteiger partial charge in [0.15, 0.2) is 0 Å². The Kier molecular flexibility index (Phi) is 4.40. The van der Waals surface area contributed by atoms with Gasteiger partial charge in [0, 0.05) is 25.8 Å². The van der Waals surface area contributed by atoms with Crippen molar-refractivity contribution in [2.45, 2.75) is 19.9 Å². The summed E-state index contributed by atoms with van der Waals surface area (Å²) in [7, 11) is 0. The number of rotatable bonds is 6. The molecule has 0 saturated carbocycles. The molecule has 2 aromatic rings. The maximum absolute atomic E-state index is 11.8. The summed E-state index contributed by atoms with van der Waals surface area (Å²) in [5.74, 6) is 0. The van der Waals surface area contributed by atoms with Crippen LogP contribution < -0.4 is 5.56 Å². The van der Waals surface area contributed by atoms with Gasteiger partial charge in [-0.15, -0.1) is 0 Å². The lowest BCUT2D eigenvalue weighted by molar-refractivity contribution is 0.224. The summed E-state index contributed by atoms with van der Waals surface area (Å²) >= 11 is 1.35. The van der Waals surface area contributed by atoms with Crippen molar-refractivity contribution in [2.24, 2.45) is 0 Å². The molecule has 98 valence electrons. The molecule has 1 N–H and O–H groups in total. The van der Waals surface area contributed by atoms with Crippen LogP contribution in [0.2, 0.25) is 0 Å². The minimum absolute atomic E-state index is 0.144. The molecule has 18 heavy (non-hydrogen) atoms. The second-order valence-corrected chi connectivity index (χ2v) is 4.78. The van der Waals surface area contributed by atoms with E-state index in [1.807, 2.05) is 0 Å². The maximum Gasteiger partial charge on any atom is 0.275 e. The Morgan fingerprint density at radius 3 is 3.11 bits per heavy atom. The molecular formula is C11H16N4O2S.